The van der Waals surface area contributed by atoms with Crippen molar-refractivity contribution in [2.45, 2.75) is 13.0 Å². The molecule has 0 saturated carbocycles. The zero-order chi connectivity index (χ0) is 17.7. The number of rotatable bonds is 6. The van der Waals surface area contributed by atoms with Crippen molar-refractivity contribution >= 4 is 24.0 Å². The van der Waals surface area contributed by atoms with Gasteiger partial charge in [-0.1, -0.05) is 6.07 Å². The molecule has 2 rings (SSSR count). The lowest BCUT2D eigenvalue weighted by atomic mass is 10.1. The highest BCUT2D eigenvalue weighted by atomic mass is 35.5. The van der Waals surface area contributed by atoms with Crippen LogP contribution in [0.4, 0.5) is 5.69 Å². The van der Waals surface area contributed by atoms with Gasteiger partial charge in [-0.3, -0.25) is 4.79 Å². The first-order valence-electron chi connectivity index (χ1n) is 7.50. The molecule has 0 aliphatic heterocycles. The van der Waals surface area contributed by atoms with Crippen molar-refractivity contribution in [1.29, 1.82) is 0 Å². The number of aliphatic hydroxyl groups is 1. The quantitative estimate of drug-likeness (QED) is 0.683. The first-order valence-corrected chi connectivity index (χ1v) is 7.50. The molecular weight excluding hydrogens is 344 g/mol. The van der Waals surface area contributed by atoms with Gasteiger partial charge in [0, 0.05) is 23.4 Å². The monoisotopic (exact) mass is 366 g/mol. The smallest absolute Gasteiger partial charge is 0.251 e. The predicted octanol–water partition coefficient (Wildman–Crippen LogP) is 2.48. The van der Waals surface area contributed by atoms with Crippen LogP contribution in [0.25, 0.3) is 0 Å². The first-order chi connectivity index (χ1) is 11.5. The lowest BCUT2D eigenvalue weighted by molar-refractivity contribution is 0.0914. The maximum atomic E-state index is 12.3. The molecule has 0 heterocycles. The summed E-state index contributed by atoms with van der Waals surface area (Å²) in [4.78, 5) is 12.3. The Morgan fingerprint density at radius 3 is 2.56 bits per heavy atom. The third-order valence-corrected chi connectivity index (χ3v) is 3.76. The molecule has 7 heteroatoms. The molecule has 2 aromatic rings. The second-order valence-corrected chi connectivity index (χ2v) is 5.41. The van der Waals surface area contributed by atoms with Crippen LogP contribution in [-0.2, 0) is 0 Å². The maximum Gasteiger partial charge on any atom is 0.251 e. The van der Waals surface area contributed by atoms with E-state index in [4.69, 9.17) is 15.2 Å². The van der Waals surface area contributed by atoms with E-state index >= 15 is 0 Å². The first kappa shape index (κ1) is 20.6. The molecule has 6 nitrogen and oxygen atoms in total. The van der Waals surface area contributed by atoms with Crippen LogP contribution in [0.5, 0.6) is 11.5 Å². The number of amides is 1. The number of ether oxygens (including phenoxy) is 2. The highest BCUT2D eigenvalue weighted by Crippen LogP contribution is 2.29. The van der Waals surface area contributed by atoms with Crippen molar-refractivity contribution in [2.75, 3.05) is 26.5 Å². The fourth-order valence-corrected chi connectivity index (χ4v) is 2.38. The number of nitrogens with one attached hydrogen (secondary N) is 1. The number of benzene rings is 2. The van der Waals surface area contributed by atoms with Gasteiger partial charge >= 0.3 is 0 Å². The summed E-state index contributed by atoms with van der Waals surface area (Å²) in [7, 11) is 3.06. The Kier molecular flexibility index (Phi) is 7.54. The maximum absolute atomic E-state index is 12.3. The minimum Gasteiger partial charge on any atom is -0.497 e. The van der Waals surface area contributed by atoms with Crippen molar-refractivity contribution in [2.24, 2.45) is 0 Å². The Balaban J connectivity index is 0.00000312. The molecule has 1 unspecified atom stereocenters. The van der Waals surface area contributed by atoms with Crippen LogP contribution >= 0.6 is 12.4 Å². The van der Waals surface area contributed by atoms with Gasteiger partial charge in [0.05, 0.1) is 14.2 Å². The molecule has 0 spiro atoms. The van der Waals surface area contributed by atoms with E-state index in [0.29, 0.717) is 28.3 Å². The van der Waals surface area contributed by atoms with Gasteiger partial charge in [0.2, 0.25) is 0 Å². The minimum atomic E-state index is -0.930. The van der Waals surface area contributed by atoms with Crippen LogP contribution < -0.4 is 20.5 Å². The van der Waals surface area contributed by atoms with Crippen molar-refractivity contribution in [3.63, 3.8) is 0 Å². The van der Waals surface area contributed by atoms with E-state index in [-0.39, 0.29) is 24.9 Å². The Morgan fingerprint density at radius 2 is 1.92 bits per heavy atom. The standard InChI is InChI=1S/C18H22N2O4.ClH/c1-11-4-5-12(19)8-14(11)18(22)20-10-16(21)15-9-13(23-2)6-7-17(15)24-3;/h4-9,16,21H,10,19H2,1-3H3,(H,20,22);1H. The summed E-state index contributed by atoms with van der Waals surface area (Å²) in [6, 6.07) is 10.3. The number of carbonyl (C=O) groups is 1. The molecule has 1 atom stereocenters. The molecule has 2 aromatic carbocycles. The number of aliphatic hydroxyl groups excluding tert-OH is 1. The Labute approximate surface area is 153 Å². The predicted molar refractivity (Wildman–Crippen MR) is 99.7 cm³/mol. The second kappa shape index (κ2) is 9.15. The Bertz CT molecular complexity index is 737. The summed E-state index contributed by atoms with van der Waals surface area (Å²) in [6.07, 6.45) is -0.930. The van der Waals surface area contributed by atoms with E-state index in [1.807, 2.05) is 6.92 Å². The third kappa shape index (κ3) is 5.01. The lowest BCUT2D eigenvalue weighted by Crippen LogP contribution is -2.29. The molecule has 0 aromatic heterocycles. The molecule has 0 fully saturated rings. The van der Waals surface area contributed by atoms with Crippen LogP contribution in [0, 0.1) is 6.92 Å². The fraction of sp³-hybridized carbons (Fsp3) is 0.278. The van der Waals surface area contributed by atoms with Gasteiger partial charge in [0.15, 0.2) is 0 Å². The van der Waals surface area contributed by atoms with Crippen LogP contribution in [0.2, 0.25) is 0 Å². The van der Waals surface area contributed by atoms with E-state index in [1.165, 1.54) is 7.11 Å². The van der Waals surface area contributed by atoms with Gasteiger partial charge in [-0.05, 0) is 42.8 Å². The number of hydrogen-bond donors (Lipinski definition) is 3. The lowest BCUT2D eigenvalue weighted by Gasteiger charge is -2.17. The number of halogens is 1. The molecule has 1 amide bonds. The van der Waals surface area contributed by atoms with E-state index in [1.54, 1.807) is 43.5 Å². The normalized spacial score (nSPS) is 11.2. The second-order valence-electron chi connectivity index (χ2n) is 5.41. The summed E-state index contributed by atoms with van der Waals surface area (Å²) in [5.74, 6) is 0.834. The molecule has 0 saturated heterocycles. The number of anilines is 1. The van der Waals surface area contributed by atoms with Crippen molar-refractivity contribution in [3.8, 4) is 11.5 Å². The SMILES string of the molecule is COc1ccc(OC)c(C(O)CNC(=O)c2cc(N)ccc2C)c1.Cl. The van der Waals surface area contributed by atoms with E-state index in [0.717, 1.165) is 5.56 Å². The van der Waals surface area contributed by atoms with Gasteiger partial charge in [-0.15, -0.1) is 12.4 Å². The van der Waals surface area contributed by atoms with Crippen molar-refractivity contribution < 1.29 is 19.4 Å². The topological polar surface area (TPSA) is 93.8 Å². The average molecular weight is 367 g/mol. The molecule has 0 radical (unpaired) electrons. The number of aryl methyl sites for hydroxylation is 1. The highest BCUT2D eigenvalue weighted by Gasteiger charge is 2.17. The zero-order valence-corrected chi connectivity index (χ0v) is 15.2. The van der Waals surface area contributed by atoms with Gasteiger partial charge < -0.3 is 25.6 Å². The number of methoxy groups -OCH3 is 2. The molecule has 0 aliphatic rings. The van der Waals surface area contributed by atoms with Crippen LogP contribution in [-0.4, -0.2) is 31.8 Å². The Hall–Kier alpha value is -2.44. The van der Waals surface area contributed by atoms with E-state index in [2.05, 4.69) is 5.32 Å². The number of nitrogens with two attached hydrogens (primary N) is 1. The zero-order valence-electron chi connectivity index (χ0n) is 14.4. The van der Waals surface area contributed by atoms with Crippen molar-refractivity contribution in [1.82, 2.24) is 5.32 Å². The number of carbonyl (C=O) groups excluding carboxylic acids is 1. The van der Waals surface area contributed by atoms with Crippen molar-refractivity contribution in [3.05, 3.63) is 53.1 Å². The number of hydrogen-bond acceptors (Lipinski definition) is 5. The molecule has 0 aliphatic carbocycles. The number of nitrogen functional groups attached to an aromatic ring is 1. The minimum absolute atomic E-state index is 0. The van der Waals surface area contributed by atoms with Gasteiger partial charge in [-0.25, -0.2) is 0 Å². The van der Waals surface area contributed by atoms with E-state index < -0.39 is 6.10 Å². The van der Waals surface area contributed by atoms with Gasteiger partial charge in [0.1, 0.15) is 17.6 Å². The van der Waals surface area contributed by atoms with Crippen LogP contribution in [0.3, 0.4) is 0 Å². The summed E-state index contributed by atoms with van der Waals surface area (Å²) in [6.45, 7) is 1.87. The van der Waals surface area contributed by atoms with Gasteiger partial charge in [-0.2, -0.15) is 0 Å². The third-order valence-electron chi connectivity index (χ3n) is 3.76. The van der Waals surface area contributed by atoms with E-state index in [9.17, 15) is 9.90 Å². The van der Waals surface area contributed by atoms with Gasteiger partial charge in [0.25, 0.3) is 5.91 Å². The molecule has 136 valence electrons. The molecule has 25 heavy (non-hydrogen) atoms. The van der Waals surface area contributed by atoms with Crippen LogP contribution in [0.15, 0.2) is 36.4 Å². The largest absolute Gasteiger partial charge is 0.497 e. The summed E-state index contributed by atoms with van der Waals surface area (Å²) < 4.78 is 10.4. The summed E-state index contributed by atoms with van der Waals surface area (Å²) in [5.41, 5.74) is 8.08. The van der Waals surface area contributed by atoms with Crippen LogP contribution in [0.1, 0.15) is 27.6 Å². The average Bonchev–Trinajstić information content (AvgIpc) is 2.60. The fourth-order valence-electron chi connectivity index (χ4n) is 2.38. The highest BCUT2D eigenvalue weighted by molar-refractivity contribution is 5.96. The molecular formula is C18H23ClN2O4. The summed E-state index contributed by atoms with van der Waals surface area (Å²) >= 11 is 0. The molecule has 0 bridgehead atoms. The molecule has 4 N–H and O–H groups in total. The Morgan fingerprint density at radius 1 is 1.20 bits per heavy atom. The summed E-state index contributed by atoms with van der Waals surface area (Å²) in [5, 5.41) is 13.1.